The number of nitrogens with one attached hydrogen (secondary N) is 2. The highest BCUT2D eigenvalue weighted by molar-refractivity contribution is 7.80. The first-order valence-corrected chi connectivity index (χ1v) is 9.34. The second-order valence-electron chi connectivity index (χ2n) is 7.78. The van der Waals surface area contributed by atoms with Gasteiger partial charge in [-0.2, -0.15) is 0 Å². The van der Waals surface area contributed by atoms with Crippen LogP contribution in [0.4, 0.5) is 5.13 Å². The van der Waals surface area contributed by atoms with Gasteiger partial charge in [-0.25, -0.2) is 15.4 Å². The van der Waals surface area contributed by atoms with E-state index in [9.17, 15) is 0 Å². The molecule has 6 heteroatoms. The molecule has 1 saturated carbocycles. The number of nitrogens with zero attached hydrogens (tertiary/aromatic N) is 2. The van der Waals surface area contributed by atoms with Gasteiger partial charge in [0.15, 0.2) is 5.11 Å². The molecule has 2 atom stereocenters. The Kier molecular flexibility index (Phi) is 3.41. The first kappa shape index (κ1) is 15.3. The van der Waals surface area contributed by atoms with E-state index in [1.807, 2.05) is 23.2 Å². The normalized spacial score (nSPS) is 30.1. The number of hydrazine groups is 1. The molecule has 1 aliphatic heterocycles. The van der Waals surface area contributed by atoms with Crippen LogP contribution in [0.3, 0.4) is 0 Å². The van der Waals surface area contributed by atoms with Crippen LogP contribution in [-0.4, -0.2) is 15.8 Å². The highest BCUT2D eigenvalue weighted by Gasteiger charge is 2.49. The summed E-state index contributed by atoms with van der Waals surface area (Å²) < 4.78 is 1.19. The van der Waals surface area contributed by atoms with Gasteiger partial charge in [0.05, 0.1) is 10.2 Å². The largest absolute Gasteiger partial charge is 0.342 e. The zero-order chi connectivity index (χ0) is 16.2. The SMILES string of the molecule is C[C@H]1CC(C)(C)C[C@@]2(C1)NC(=S)N(c1nc3ccccc3s1)N2. The van der Waals surface area contributed by atoms with Gasteiger partial charge in [0.2, 0.25) is 5.13 Å². The minimum Gasteiger partial charge on any atom is -0.342 e. The first-order valence-electron chi connectivity index (χ1n) is 8.12. The molecule has 1 saturated heterocycles. The van der Waals surface area contributed by atoms with Crippen LogP contribution >= 0.6 is 23.6 Å². The van der Waals surface area contributed by atoms with Crippen molar-refractivity contribution in [1.82, 2.24) is 15.7 Å². The average molecular weight is 347 g/mol. The van der Waals surface area contributed by atoms with E-state index in [4.69, 9.17) is 17.2 Å². The number of aromatic nitrogens is 1. The zero-order valence-corrected chi connectivity index (χ0v) is 15.4. The molecule has 2 aliphatic rings. The number of hydrogen-bond acceptors (Lipinski definition) is 4. The summed E-state index contributed by atoms with van der Waals surface area (Å²) in [5.41, 5.74) is 4.83. The fourth-order valence-electron chi connectivity index (χ4n) is 4.40. The Morgan fingerprint density at radius 2 is 2.09 bits per heavy atom. The van der Waals surface area contributed by atoms with E-state index in [0.717, 1.165) is 28.6 Å². The summed E-state index contributed by atoms with van der Waals surface area (Å²) in [6, 6.07) is 8.21. The minimum atomic E-state index is -0.143. The number of benzene rings is 1. The molecule has 1 aromatic carbocycles. The van der Waals surface area contributed by atoms with E-state index in [1.54, 1.807) is 11.3 Å². The van der Waals surface area contributed by atoms with Crippen LogP contribution in [0.1, 0.15) is 40.0 Å². The highest BCUT2D eigenvalue weighted by atomic mass is 32.1. The number of thiocarbonyl (C=S) groups is 1. The molecule has 2 N–H and O–H groups in total. The zero-order valence-electron chi connectivity index (χ0n) is 13.7. The van der Waals surface area contributed by atoms with E-state index >= 15 is 0 Å². The van der Waals surface area contributed by atoms with Crippen molar-refractivity contribution in [3.8, 4) is 0 Å². The lowest BCUT2D eigenvalue weighted by Gasteiger charge is -2.45. The van der Waals surface area contributed by atoms with E-state index in [1.165, 1.54) is 11.1 Å². The second-order valence-corrected chi connectivity index (χ2v) is 9.17. The average Bonchev–Trinajstić information content (AvgIpc) is 2.97. The number of para-hydroxylation sites is 1. The molecule has 0 amide bonds. The molecule has 0 radical (unpaired) electrons. The maximum atomic E-state index is 5.61. The lowest BCUT2D eigenvalue weighted by molar-refractivity contribution is 0.0828. The molecule has 0 unspecified atom stereocenters. The minimum absolute atomic E-state index is 0.143. The third-order valence-electron chi connectivity index (χ3n) is 4.73. The quantitative estimate of drug-likeness (QED) is 0.763. The maximum absolute atomic E-state index is 5.61. The van der Waals surface area contributed by atoms with Crippen molar-refractivity contribution in [1.29, 1.82) is 0 Å². The Balaban J connectivity index is 1.65. The summed E-state index contributed by atoms with van der Waals surface area (Å²) in [6.07, 6.45) is 3.40. The molecule has 1 spiro atoms. The van der Waals surface area contributed by atoms with Gasteiger partial charge in [-0.1, -0.05) is 44.2 Å². The van der Waals surface area contributed by atoms with Crippen molar-refractivity contribution < 1.29 is 0 Å². The number of hydrogen-bond donors (Lipinski definition) is 2. The Morgan fingerprint density at radius 3 is 2.83 bits per heavy atom. The maximum Gasteiger partial charge on any atom is 0.207 e. The van der Waals surface area contributed by atoms with Gasteiger partial charge in [0.25, 0.3) is 0 Å². The molecule has 2 heterocycles. The van der Waals surface area contributed by atoms with Crippen LogP contribution in [0.15, 0.2) is 24.3 Å². The van der Waals surface area contributed by atoms with Crippen LogP contribution in [-0.2, 0) is 0 Å². The van der Waals surface area contributed by atoms with Crippen LogP contribution < -0.4 is 15.8 Å². The Bertz CT molecular complexity index is 736. The van der Waals surface area contributed by atoms with Crippen molar-refractivity contribution >= 4 is 44.0 Å². The lowest BCUT2D eigenvalue weighted by Crippen LogP contribution is -2.57. The molecule has 2 aromatic rings. The van der Waals surface area contributed by atoms with Crippen molar-refractivity contribution in [3.05, 3.63) is 24.3 Å². The van der Waals surface area contributed by atoms with E-state index in [-0.39, 0.29) is 5.66 Å². The number of anilines is 1. The molecule has 1 aromatic heterocycles. The molecule has 4 nitrogen and oxygen atoms in total. The van der Waals surface area contributed by atoms with E-state index < -0.39 is 0 Å². The van der Waals surface area contributed by atoms with Gasteiger partial charge in [-0.3, -0.25) is 0 Å². The molecule has 0 bridgehead atoms. The third-order valence-corrected chi connectivity index (χ3v) is 6.03. The van der Waals surface area contributed by atoms with Gasteiger partial charge in [0.1, 0.15) is 5.66 Å². The topological polar surface area (TPSA) is 40.2 Å². The van der Waals surface area contributed by atoms with E-state index in [2.05, 4.69) is 37.6 Å². The van der Waals surface area contributed by atoms with Gasteiger partial charge in [-0.05, 0) is 54.9 Å². The summed E-state index contributed by atoms with van der Waals surface area (Å²) in [6.45, 7) is 7.02. The number of rotatable bonds is 1. The Morgan fingerprint density at radius 1 is 1.30 bits per heavy atom. The Hall–Kier alpha value is -1.24. The summed E-state index contributed by atoms with van der Waals surface area (Å²) in [5, 5.41) is 7.17. The summed E-state index contributed by atoms with van der Waals surface area (Å²) in [7, 11) is 0. The summed E-state index contributed by atoms with van der Waals surface area (Å²) in [5.74, 6) is 0.664. The predicted octanol–water partition coefficient (Wildman–Crippen LogP) is 4.04. The molecular formula is C17H22N4S2. The monoisotopic (exact) mass is 346 g/mol. The van der Waals surface area contributed by atoms with Gasteiger partial charge < -0.3 is 5.32 Å². The fourth-order valence-corrected chi connectivity index (χ4v) is 5.71. The summed E-state index contributed by atoms with van der Waals surface area (Å²) >= 11 is 7.28. The molecule has 23 heavy (non-hydrogen) atoms. The van der Waals surface area contributed by atoms with Crippen molar-refractivity contribution in [2.24, 2.45) is 11.3 Å². The standard InChI is InChI=1S/C17H22N4S2/c1-11-8-16(2,3)10-17(9-11)19-14(22)21(20-17)15-18-12-6-4-5-7-13(12)23-15/h4-7,11,20H,8-10H2,1-3H3,(H,19,22)/t11-,17-/m0/s1. The van der Waals surface area contributed by atoms with Crippen LogP contribution in [0.25, 0.3) is 10.2 Å². The van der Waals surface area contributed by atoms with Crippen molar-refractivity contribution in [3.63, 3.8) is 0 Å². The van der Waals surface area contributed by atoms with Crippen molar-refractivity contribution in [2.75, 3.05) is 5.01 Å². The lowest BCUT2D eigenvalue weighted by atomic mass is 9.68. The molecular weight excluding hydrogens is 324 g/mol. The molecule has 2 fully saturated rings. The highest BCUT2D eigenvalue weighted by Crippen LogP contribution is 2.44. The second kappa shape index (κ2) is 5.13. The molecule has 122 valence electrons. The van der Waals surface area contributed by atoms with Gasteiger partial charge in [-0.15, -0.1) is 0 Å². The first-order chi connectivity index (χ1) is 10.9. The summed E-state index contributed by atoms with van der Waals surface area (Å²) in [4.78, 5) is 4.73. The van der Waals surface area contributed by atoms with Crippen LogP contribution in [0, 0.1) is 11.3 Å². The van der Waals surface area contributed by atoms with Gasteiger partial charge >= 0.3 is 0 Å². The molecule has 1 aliphatic carbocycles. The Labute approximate surface area is 146 Å². The fraction of sp³-hybridized carbons (Fsp3) is 0.529. The predicted molar refractivity (Wildman–Crippen MR) is 100 cm³/mol. The van der Waals surface area contributed by atoms with Gasteiger partial charge in [0, 0.05) is 0 Å². The van der Waals surface area contributed by atoms with Crippen LogP contribution in [0.2, 0.25) is 0 Å². The van der Waals surface area contributed by atoms with Crippen LogP contribution in [0.5, 0.6) is 0 Å². The molecule has 4 rings (SSSR count). The van der Waals surface area contributed by atoms with Crippen molar-refractivity contribution in [2.45, 2.75) is 45.7 Å². The smallest absolute Gasteiger partial charge is 0.207 e. The third kappa shape index (κ3) is 2.73. The van der Waals surface area contributed by atoms with E-state index in [0.29, 0.717) is 11.3 Å². The number of thiazole rings is 1. The number of fused-ring (bicyclic) bond motifs is 1.